The predicted octanol–water partition coefficient (Wildman–Crippen LogP) is 4.50. The van der Waals surface area contributed by atoms with Gasteiger partial charge in [-0.3, -0.25) is 4.98 Å². The summed E-state index contributed by atoms with van der Waals surface area (Å²) < 4.78 is 13.4. The minimum Gasteiger partial charge on any atom is -0.394 e. The number of hydrogen-bond acceptors (Lipinski definition) is 6. The first kappa shape index (κ1) is 20.0. The molecule has 0 aliphatic rings. The molecule has 3 aromatic rings. The van der Waals surface area contributed by atoms with Crippen LogP contribution in [0.1, 0.15) is 13.8 Å². The van der Waals surface area contributed by atoms with Crippen molar-refractivity contribution in [3.05, 3.63) is 59.5 Å². The van der Waals surface area contributed by atoms with E-state index in [9.17, 15) is 9.50 Å². The standard InChI is InChI=1S/C20H21ClFN5O/c1-12(2)18(11-28)26-20-25-17(16-5-3-4-8-23-16)10-19(27-20)24-13-6-7-15(22)14(21)9-13/h3-10,12,18,28H,11H2,1-2H3,(H2,24,25,26,27)/t18-/m0/s1. The molecule has 146 valence electrons. The van der Waals surface area contributed by atoms with Gasteiger partial charge in [0, 0.05) is 18.0 Å². The van der Waals surface area contributed by atoms with Crippen molar-refractivity contribution in [1.82, 2.24) is 15.0 Å². The fraction of sp³-hybridized carbons (Fsp3) is 0.250. The first-order chi connectivity index (χ1) is 13.5. The molecule has 0 aliphatic heterocycles. The SMILES string of the molecule is CC(C)[C@H](CO)Nc1nc(Nc2ccc(F)c(Cl)c2)cc(-c2ccccn2)n1. The zero-order chi connectivity index (χ0) is 20.1. The van der Waals surface area contributed by atoms with E-state index in [2.05, 4.69) is 25.6 Å². The normalized spacial score (nSPS) is 12.1. The van der Waals surface area contributed by atoms with E-state index < -0.39 is 5.82 Å². The highest BCUT2D eigenvalue weighted by molar-refractivity contribution is 6.31. The summed E-state index contributed by atoms with van der Waals surface area (Å²) in [5.41, 5.74) is 1.87. The Bertz CT molecular complexity index is 939. The van der Waals surface area contributed by atoms with Crippen molar-refractivity contribution in [2.45, 2.75) is 19.9 Å². The van der Waals surface area contributed by atoms with Crippen molar-refractivity contribution in [3.63, 3.8) is 0 Å². The van der Waals surface area contributed by atoms with Crippen LogP contribution in [0, 0.1) is 11.7 Å². The van der Waals surface area contributed by atoms with Gasteiger partial charge in [-0.25, -0.2) is 9.37 Å². The van der Waals surface area contributed by atoms with Crippen molar-refractivity contribution in [1.29, 1.82) is 0 Å². The number of nitrogens with zero attached hydrogens (tertiary/aromatic N) is 3. The van der Waals surface area contributed by atoms with Crippen molar-refractivity contribution < 1.29 is 9.50 Å². The molecule has 3 rings (SSSR count). The molecule has 0 bridgehead atoms. The topological polar surface area (TPSA) is 83.0 Å². The average molecular weight is 402 g/mol. The van der Waals surface area contributed by atoms with Gasteiger partial charge in [0.1, 0.15) is 11.6 Å². The predicted molar refractivity (Wildman–Crippen MR) is 109 cm³/mol. The Morgan fingerprint density at radius 1 is 1.11 bits per heavy atom. The van der Waals surface area contributed by atoms with E-state index in [1.165, 1.54) is 12.1 Å². The third kappa shape index (κ3) is 4.94. The molecule has 28 heavy (non-hydrogen) atoms. The smallest absolute Gasteiger partial charge is 0.225 e. The summed E-state index contributed by atoms with van der Waals surface area (Å²) in [7, 11) is 0. The van der Waals surface area contributed by atoms with Crippen molar-refractivity contribution in [2.75, 3.05) is 17.2 Å². The lowest BCUT2D eigenvalue weighted by atomic mass is 10.1. The van der Waals surface area contributed by atoms with Gasteiger partial charge >= 0.3 is 0 Å². The van der Waals surface area contributed by atoms with Crippen LogP contribution in [0.4, 0.5) is 21.8 Å². The lowest BCUT2D eigenvalue weighted by Crippen LogP contribution is -2.30. The van der Waals surface area contributed by atoms with E-state index in [-0.39, 0.29) is 23.6 Å². The molecule has 0 saturated heterocycles. The molecule has 0 unspecified atom stereocenters. The summed E-state index contributed by atoms with van der Waals surface area (Å²) in [6.07, 6.45) is 1.68. The third-order valence-corrected chi connectivity index (χ3v) is 4.45. The van der Waals surface area contributed by atoms with Crippen LogP contribution in [-0.2, 0) is 0 Å². The Hall–Kier alpha value is -2.77. The maximum absolute atomic E-state index is 13.4. The fourth-order valence-corrected chi connectivity index (χ4v) is 2.71. The summed E-state index contributed by atoms with van der Waals surface area (Å²) in [6, 6.07) is 11.4. The highest BCUT2D eigenvalue weighted by Gasteiger charge is 2.15. The number of aliphatic hydroxyl groups excluding tert-OH is 1. The van der Waals surface area contributed by atoms with E-state index in [0.29, 0.717) is 28.8 Å². The molecule has 3 N–H and O–H groups in total. The molecule has 0 spiro atoms. The number of anilines is 3. The molecule has 0 radical (unpaired) electrons. The third-order valence-electron chi connectivity index (χ3n) is 4.16. The van der Waals surface area contributed by atoms with Gasteiger partial charge in [0.2, 0.25) is 5.95 Å². The monoisotopic (exact) mass is 401 g/mol. The van der Waals surface area contributed by atoms with Gasteiger partial charge < -0.3 is 15.7 Å². The summed E-state index contributed by atoms with van der Waals surface area (Å²) in [5.74, 6) is 0.529. The van der Waals surface area contributed by atoms with E-state index in [4.69, 9.17) is 11.6 Å². The highest BCUT2D eigenvalue weighted by Crippen LogP contribution is 2.25. The van der Waals surface area contributed by atoms with Gasteiger partial charge in [-0.05, 0) is 36.2 Å². The highest BCUT2D eigenvalue weighted by atomic mass is 35.5. The molecule has 2 heterocycles. The molecule has 1 aromatic carbocycles. The van der Waals surface area contributed by atoms with Crippen LogP contribution in [0.25, 0.3) is 11.4 Å². The largest absolute Gasteiger partial charge is 0.394 e. The maximum Gasteiger partial charge on any atom is 0.225 e. The second-order valence-corrected chi connectivity index (χ2v) is 7.02. The molecule has 0 amide bonds. The Morgan fingerprint density at radius 2 is 1.93 bits per heavy atom. The molecule has 1 atom stereocenters. The average Bonchev–Trinajstić information content (AvgIpc) is 2.69. The van der Waals surface area contributed by atoms with E-state index >= 15 is 0 Å². The summed E-state index contributed by atoms with van der Waals surface area (Å²) in [4.78, 5) is 13.3. The van der Waals surface area contributed by atoms with E-state index in [0.717, 1.165) is 0 Å². The number of benzene rings is 1. The van der Waals surface area contributed by atoms with Gasteiger partial charge in [-0.1, -0.05) is 31.5 Å². The first-order valence-corrected chi connectivity index (χ1v) is 9.24. The van der Waals surface area contributed by atoms with Gasteiger partial charge in [-0.2, -0.15) is 4.98 Å². The molecule has 0 saturated carbocycles. The molecule has 2 aromatic heterocycles. The molecule has 0 aliphatic carbocycles. The fourth-order valence-electron chi connectivity index (χ4n) is 2.53. The van der Waals surface area contributed by atoms with Gasteiger partial charge in [0.25, 0.3) is 0 Å². The van der Waals surface area contributed by atoms with Crippen molar-refractivity contribution in [3.8, 4) is 11.4 Å². The summed E-state index contributed by atoms with van der Waals surface area (Å²) in [6.45, 7) is 3.94. The van der Waals surface area contributed by atoms with Crippen LogP contribution in [0.2, 0.25) is 5.02 Å². The van der Waals surface area contributed by atoms with Crippen LogP contribution in [0.15, 0.2) is 48.7 Å². The minimum absolute atomic E-state index is 0.0162. The number of pyridine rings is 1. The number of aromatic nitrogens is 3. The lowest BCUT2D eigenvalue weighted by molar-refractivity contribution is 0.248. The summed E-state index contributed by atoms with van der Waals surface area (Å²) >= 11 is 5.86. The van der Waals surface area contributed by atoms with Crippen molar-refractivity contribution >= 4 is 29.1 Å². The molecular weight excluding hydrogens is 381 g/mol. The van der Waals surface area contributed by atoms with Crippen molar-refractivity contribution in [2.24, 2.45) is 5.92 Å². The number of hydrogen-bond donors (Lipinski definition) is 3. The maximum atomic E-state index is 13.4. The summed E-state index contributed by atoms with van der Waals surface area (Å²) in [5, 5.41) is 15.9. The van der Waals surface area contributed by atoms with Crippen LogP contribution in [-0.4, -0.2) is 32.7 Å². The van der Waals surface area contributed by atoms with Crippen LogP contribution in [0.3, 0.4) is 0 Å². The second-order valence-electron chi connectivity index (χ2n) is 6.61. The van der Waals surface area contributed by atoms with Gasteiger partial charge in [0.15, 0.2) is 0 Å². The minimum atomic E-state index is -0.492. The van der Waals surface area contributed by atoms with Crippen LogP contribution in [0.5, 0.6) is 0 Å². The Balaban J connectivity index is 1.97. The zero-order valence-electron chi connectivity index (χ0n) is 15.5. The first-order valence-electron chi connectivity index (χ1n) is 8.86. The molecular formula is C20H21ClFN5O. The molecule has 0 fully saturated rings. The quantitative estimate of drug-likeness (QED) is 0.540. The Morgan fingerprint density at radius 3 is 2.57 bits per heavy atom. The number of aliphatic hydroxyl groups is 1. The number of halogens is 2. The number of nitrogens with one attached hydrogen (secondary N) is 2. The molecule has 8 heteroatoms. The number of rotatable bonds is 7. The lowest BCUT2D eigenvalue weighted by Gasteiger charge is -2.20. The molecule has 6 nitrogen and oxygen atoms in total. The Labute approximate surface area is 167 Å². The van der Waals surface area contributed by atoms with E-state index in [1.807, 2.05) is 32.0 Å². The van der Waals surface area contributed by atoms with Crippen LogP contribution >= 0.6 is 11.6 Å². The Kier molecular flexibility index (Phi) is 6.38. The van der Waals surface area contributed by atoms with E-state index in [1.54, 1.807) is 18.3 Å². The van der Waals surface area contributed by atoms with Gasteiger partial charge in [0.05, 0.1) is 29.1 Å². The zero-order valence-corrected chi connectivity index (χ0v) is 16.3. The second kappa shape index (κ2) is 8.95. The van der Waals surface area contributed by atoms with Gasteiger partial charge in [-0.15, -0.1) is 0 Å². The van der Waals surface area contributed by atoms with Crippen LogP contribution < -0.4 is 10.6 Å².